The molecule has 1 aliphatic heterocycles. The molecule has 1 fully saturated rings. The maximum atomic E-state index is 6.04. The predicted octanol–water partition coefficient (Wildman–Crippen LogP) is 3.65. The van der Waals surface area contributed by atoms with Gasteiger partial charge in [0.25, 0.3) is 0 Å². The van der Waals surface area contributed by atoms with Gasteiger partial charge in [-0.2, -0.15) is 0 Å². The molecule has 1 aliphatic rings. The van der Waals surface area contributed by atoms with Crippen molar-refractivity contribution in [3.63, 3.8) is 0 Å². The maximum absolute atomic E-state index is 6.04. The lowest BCUT2D eigenvalue weighted by Gasteiger charge is -2.13. The van der Waals surface area contributed by atoms with Crippen molar-refractivity contribution in [1.82, 2.24) is 4.90 Å². The van der Waals surface area contributed by atoms with Crippen LogP contribution in [0.25, 0.3) is 0 Å². The van der Waals surface area contributed by atoms with E-state index in [1.54, 1.807) is 0 Å². The first kappa shape index (κ1) is 9.78. The van der Waals surface area contributed by atoms with Gasteiger partial charge in [-0.15, -0.1) is 11.3 Å². The van der Waals surface area contributed by atoms with Crippen LogP contribution in [0.5, 0.6) is 0 Å². The van der Waals surface area contributed by atoms with E-state index in [-0.39, 0.29) is 0 Å². The van der Waals surface area contributed by atoms with Gasteiger partial charge in [-0.05, 0) is 36.9 Å². The quantitative estimate of drug-likeness (QED) is 0.757. The fourth-order valence-corrected chi connectivity index (χ4v) is 2.88. The van der Waals surface area contributed by atoms with E-state index in [1.165, 1.54) is 42.8 Å². The van der Waals surface area contributed by atoms with Crippen molar-refractivity contribution in [3.8, 4) is 0 Å². The Morgan fingerprint density at radius 3 is 2.54 bits per heavy atom. The molecule has 0 N–H and O–H groups in total. The van der Waals surface area contributed by atoms with E-state index in [0.29, 0.717) is 0 Å². The summed E-state index contributed by atoms with van der Waals surface area (Å²) in [5.74, 6) is 0. The number of hydrogen-bond acceptors (Lipinski definition) is 2. The molecule has 2 heterocycles. The fourth-order valence-electron chi connectivity index (χ4n) is 1.64. The van der Waals surface area contributed by atoms with Crippen LogP contribution in [-0.2, 0) is 6.54 Å². The summed E-state index contributed by atoms with van der Waals surface area (Å²) in [5.41, 5.74) is 1.18. The van der Waals surface area contributed by atoms with E-state index in [9.17, 15) is 0 Å². The van der Waals surface area contributed by atoms with E-state index in [4.69, 9.17) is 23.2 Å². The van der Waals surface area contributed by atoms with Gasteiger partial charge in [-0.25, -0.2) is 0 Å². The average molecular weight is 236 g/mol. The number of halogens is 2. The topological polar surface area (TPSA) is 3.24 Å². The van der Waals surface area contributed by atoms with Gasteiger partial charge in [-0.1, -0.05) is 23.2 Å². The highest BCUT2D eigenvalue weighted by Crippen LogP contribution is 2.33. The normalized spacial score (nSPS) is 18.3. The Bertz CT molecular complexity index is 292. The first-order chi connectivity index (χ1) is 6.27. The van der Waals surface area contributed by atoms with Crippen LogP contribution < -0.4 is 0 Å². The Morgan fingerprint density at radius 1 is 1.31 bits per heavy atom. The smallest absolute Gasteiger partial charge is 0.112 e. The third-order valence-electron chi connectivity index (χ3n) is 2.35. The first-order valence-corrected chi connectivity index (χ1v) is 6.04. The van der Waals surface area contributed by atoms with Crippen LogP contribution in [0.15, 0.2) is 5.38 Å². The van der Waals surface area contributed by atoms with Crippen molar-refractivity contribution in [2.75, 3.05) is 13.1 Å². The van der Waals surface area contributed by atoms with E-state index < -0.39 is 0 Å². The summed E-state index contributed by atoms with van der Waals surface area (Å²) in [7, 11) is 0. The zero-order chi connectivity index (χ0) is 9.26. The van der Waals surface area contributed by atoms with E-state index in [0.717, 1.165) is 15.9 Å². The molecule has 2 rings (SSSR count). The largest absolute Gasteiger partial charge is 0.299 e. The lowest BCUT2D eigenvalue weighted by Crippen LogP contribution is -2.17. The summed E-state index contributed by atoms with van der Waals surface area (Å²) in [5, 5.41) is 2.81. The third-order valence-corrected chi connectivity index (χ3v) is 4.26. The molecule has 0 radical (unpaired) electrons. The van der Waals surface area contributed by atoms with Gasteiger partial charge in [0.2, 0.25) is 0 Å². The molecule has 0 unspecified atom stereocenters. The van der Waals surface area contributed by atoms with Crippen LogP contribution in [0.2, 0.25) is 9.36 Å². The molecule has 72 valence electrons. The molecular formula is C9H11Cl2NS. The molecule has 0 aliphatic carbocycles. The minimum Gasteiger partial charge on any atom is -0.299 e. The highest BCUT2D eigenvalue weighted by molar-refractivity contribution is 7.15. The van der Waals surface area contributed by atoms with E-state index >= 15 is 0 Å². The summed E-state index contributed by atoms with van der Waals surface area (Å²) in [6.45, 7) is 3.36. The molecule has 0 saturated carbocycles. The Balaban J connectivity index is 2.04. The summed E-state index contributed by atoms with van der Waals surface area (Å²) in [6.07, 6.45) is 2.63. The zero-order valence-electron chi connectivity index (χ0n) is 7.22. The Morgan fingerprint density at radius 2 is 2.00 bits per heavy atom. The molecule has 4 heteroatoms. The van der Waals surface area contributed by atoms with Crippen molar-refractivity contribution < 1.29 is 0 Å². The molecule has 0 amide bonds. The van der Waals surface area contributed by atoms with E-state index in [1.807, 2.05) is 0 Å². The number of nitrogens with zero attached hydrogens (tertiary/aromatic N) is 1. The highest BCUT2D eigenvalue weighted by Gasteiger charge is 2.15. The monoisotopic (exact) mass is 235 g/mol. The molecule has 1 nitrogen and oxygen atoms in total. The van der Waals surface area contributed by atoms with Gasteiger partial charge in [0, 0.05) is 6.54 Å². The van der Waals surface area contributed by atoms with Crippen molar-refractivity contribution in [3.05, 3.63) is 20.3 Å². The van der Waals surface area contributed by atoms with Gasteiger partial charge in [0.05, 0.1) is 5.02 Å². The van der Waals surface area contributed by atoms with Crippen molar-refractivity contribution in [2.45, 2.75) is 19.4 Å². The summed E-state index contributed by atoms with van der Waals surface area (Å²) in [6, 6.07) is 0. The first-order valence-electron chi connectivity index (χ1n) is 4.41. The molecule has 0 spiro atoms. The van der Waals surface area contributed by atoms with Crippen molar-refractivity contribution >= 4 is 34.5 Å². The minimum absolute atomic E-state index is 0.718. The molecule has 1 aromatic rings. The van der Waals surface area contributed by atoms with E-state index in [2.05, 4.69) is 10.3 Å². The third kappa shape index (κ3) is 2.18. The van der Waals surface area contributed by atoms with Crippen molar-refractivity contribution in [1.29, 1.82) is 0 Å². The molecule has 1 aromatic heterocycles. The Hall–Kier alpha value is 0.240. The molecule has 0 bridgehead atoms. The van der Waals surface area contributed by atoms with Gasteiger partial charge in [-0.3, -0.25) is 4.90 Å². The summed E-state index contributed by atoms with van der Waals surface area (Å²) >= 11 is 13.4. The van der Waals surface area contributed by atoms with Gasteiger partial charge in [0.1, 0.15) is 4.34 Å². The SMILES string of the molecule is Clc1scc(CN2CCCC2)c1Cl. The lowest BCUT2D eigenvalue weighted by atomic mass is 10.3. The van der Waals surface area contributed by atoms with Crippen LogP contribution >= 0.6 is 34.5 Å². The number of thiophene rings is 1. The Labute approximate surface area is 92.3 Å². The Kier molecular flexibility index (Phi) is 3.14. The predicted molar refractivity (Wildman–Crippen MR) is 58.9 cm³/mol. The number of likely N-dealkylation sites (tertiary alicyclic amines) is 1. The molecule has 0 atom stereocenters. The van der Waals surface area contributed by atoms with Crippen LogP contribution in [0, 0.1) is 0 Å². The fraction of sp³-hybridized carbons (Fsp3) is 0.556. The van der Waals surface area contributed by atoms with Gasteiger partial charge >= 0.3 is 0 Å². The van der Waals surface area contributed by atoms with Crippen LogP contribution in [0.1, 0.15) is 18.4 Å². The van der Waals surface area contributed by atoms with Gasteiger partial charge in [0.15, 0.2) is 0 Å². The number of rotatable bonds is 2. The second-order valence-electron chi connectivity index (χ2n) is 3.33. The second kappa shape index (κ2) is 4.18. The molecule has 0 aromatic carbocycles. The standard InChI is InChI=1S/C9H11Cl2NS/c10-8-7(6-13-9(8)11)5-12-3-1-2-4-12/h6H,1-5H2. The average Bonchev–Trinajstić information content (AvgIpc) is 2.71. The van der Waals surface area contributed by atoms with Gasteiger partial charge < -0.3 is 0 Å². The summed E-state index contributed by atoms with van der Waals surface area (Å²) in [4.78, 5) is 2.42. The molecule has 13 heavy (non-hydrogen) atoms. The van der Waals surface area contributed by atoms with Crippen molar-refractivity contribution in [2.24, 2.45) is 0 Å². The minimum atomic E-state index is 0.718. The van der Waals surface area contributed by atoms with Crippen LogP contribution in [-0.4, -0.2) is 18.0 Å². The maximum Gasteiger partial charge on any atom is 0.112 e. The lowest BCUT2D eigenvalue weighted by molar-refractivity contribution is 0.332. The summed E-state index contributed by atoms with van der Waals surface area (Å²) < 4.78 is 0.718. The zero-order valence-corrected chi connectivity index (χ0v) is 9.55. The second-order valence-corrected chi connectivity index (χ2v) is 5.19. The molecular weight excluding hydrogens is 225 g/mol. The highest BCUT2D eigenvalue weighted by atomic mass is 35.5. The van der Waals surface area contributed by atoms with Crippen LogP contribution in [0.4, 0.5) is 0 Å². The molecule has 1 saturated heterocycles. The van der Waals surface area contributed by atoms with Crippen LogP contribution in [0.3, 0.4) is 0 Å². The number of hydrogen-bond donors (Lipinski definition) is 0.